The highest BCUT2D eigenvalue weighted by molar-refractivity contribution is 5.90. The molecule has 7 nitrogen and oxygen atoms in total. The van der Waals surface area contributed by atoms with E-state index in [1.54, 1.807) is 0 Å². The standard InChI is InChI=1S/C18H19N5O2/c1-11-9-12(2)23(21-11)10-13-3-5-14(6-4-13)16-20-18(25-22-16)17(24)19-15-7-8-15/h3-6,9,15H,7-8,10H2,1-2H3,(H,19,24). The van der Waals surface area contributed by atoms with Crippen LogP contribution in [0.25, 0.3) is 11.4 Å². The minimum absolute atomic E-state index is 0.00798. The normalized spacial score (nSPS) is 13.8. The molecule has 0 saturated heterocycles. The van der Waals surface area contributed by atoms with Gasteiger partial charge in [-0.25, -0.2) is 0 Å². The molecule has 1 aliphatic carbocycles. The number of rotatable bonds is 5. The molecule has 1 N–H and O–H groups in total. The predicted molar refractivity (Wildman–Crippen MR) is 91.0 cm³/mol. The van der Waals surface area contributed by atoms with Crippen LogP contribution in [0.1, 0.15) is 40.5 Å². The Labute approximate surface area is 145 Å². The summed E-state index contributed by atoms with van der Waals surface area (Å²) < 4.78 is 7.04. The molecule has 2 aromatic heterocycles. The van der Waals surface area contributed by atoms with Gasteiger partial charge in [0.1, 0.15) is 0 Å². The summed E-state index contributed by atoms with van der Waals surface area (Å²) >= 11 is 0. The van der Waals surface area contributed by atoms with Gasteiger partial charge in [0.2, 0.25) is 5.82 Å². The van der Waals surface area contributed by atoms with Crippen molar-refractivity contribution < 1.29 is 9.32 Å². The van der Waals surface area contributed by atoms with Crippen LogP contribution >= 0.6 is 0 Å². The molecule has 2 heterocycles. The van der Waals surface area contributed by atoms with Crippen LogP contribution in [0.15, 0.2) is 34.9 Å². The van der Waals surface area contributed by atoms with Crippen LogP contribution in [0.2, 0.25) is 0 Å². The van der Waals surface area contributed by atoms with E-state index >= 15 is 0 Å². The van der Waals surface area contributed by atoms with Gasteiger partial charge in [0.15, 0.2) is 0 Å². The molecule has 0 bridgehead atoms. The minimum atomic E-state index is -0.303. The number of carbonyl (C=O) groups excluding carboxylic acids is 1. The van der Waals surface area contributed by atoms with E-state index in [1.165, 1.54) is 0 Å². The third-order valence-electron chi connectivity index (χ3n) is 4.18. The van der Waals surface area contributed by atoms with E-state index in [4.69, 9.17) is 4.52 Å². The second-order valence-corrected chi connectivity index (χ2v) is 6.45. The van der Waals surface area contributed by atoms with E-state index in [0.717, 1.165) is 35.4 Å². The number of benzene rings is 1. The first-order chi connectivity index (χ1) is 12.1. The Morgan fingerprint density at radius 2 is 2.04 bits per heavy atom. The first-order valence-corrected chi connectivity index (χ1v) is 8.33. The molecule has 0 radical (unpaired) electrons. The number of nitrogens with one attached hydrogen (secondary N) is 1. The van der Waals surface area contributed by atoms with Crippen molar-refractivity contribution in [2.24, 2.45) is 0 Å². The van der Waals surface area contributed by atoms with E-state index in [2.05, 4.69) is 26.6 Å². The summed E-state index contributed by atoms with van der Waals surface area (Å²) in [7, 11) is 0. The summed E-state index contributed by atoms with van der Waals surface area (Å²) in [6.45, 7) is 4.74. The van der Waals surface area contributed by atoms with Gasteiger partial charge in [-0.3, -0.25) is 9.48 Å². The van der Waals surface area contributed by atoms with Gasteiger partial charge in [-0.2, -0.15) is 10.1 Å². The third-order valence-corrected chi connectivity index (χ3v) is 4.18. The Bertz CT molecular complexity index is 906. The molecule has 0 unspecified atom stereocenters. The topological polar surface area (TPSA) is 85.8 Å². The Balaban J connectivity index is 1.47. The van der Waals surface area contributed by atoms with E-state index < -0.39 is 0 Å². The highest BCUT2D eigenvalue weighted by Gasteiger charge is 2.26. The van der Waals surface area contributed by atoms with Crippen molar-refractivity contribution in [2.75, 3.05) is 0 Å². The largest absolute Gasteiger partial charge is 0.345 e. The Kier molecular flexibility index (Phi) is 3.83. The molecule has 0 spiro atoms. The lowest BCUT2D eigenvalue weighted by molar-refractivity contribution is 0.0907. The molecule has 3 aromatic rings. The summed E-state index contributed by atoms with van der Waals surface area (Å²) in [5.74, 6) is 0.120. The Morgan fingerprint density at radius 3 is 2.68 bits per heavy atom. The van der Waals surface area contributed by atoms with Crippen molar-refractivity contribution >= 4 is 5.91 Å². The SMILES string of the molecule is Cc1cc(C)n(Cc2ccc(-c3noc(C(=O)NC4CC4)n3)cc2)n1. The Morgan fingerprint density at radius 1 is 1.28 bits per heavy atom. The van der Waals surface area contributed by atoms with E-state index in [0.29, 0.717) is 12.4 Å². The Hall–Kier alpha value is -2.96. The van der Waals surface area contributed by atoms with Crippen LogP contribution in [0.4, 0.5) is 0 Å². The zero-order chi connectivity index (χ0) is 17.4. The van der Waals surface area contributed by atoms with Gasteiger partial charge in [-0.05, 0) is 38.3 Å². The smallest absolute Gasteiger partial charge is 0.316 e. The lowest BCUT2D eigenvalue weighted by Gasteiger charge is -2.05. The molecule has 7 heteroatoms. The van der Waals surface area contributed by atoms with E-state index in [-0.39, 0.29) is 17.8 Å². The fraction of sp³-hybridized carbons (Fsp3) is 0.333. The molecule has 1 saturated carbocycles. The molecule has 0 atom stereocenters. The third kappa shape index (κ3) is 3.45. The van der Waals surface area contributed by atoms with Crippen molar-refractivity contribution in [3.8, 4) is 11.4 Å². The van der Waals surface area contributed by atoms with Crippen molar-refractivity contribution in [1.82, 2.24) is 25.2 Å². The summed E-state index contributed by atoms with van der Waals surface area (Å²) in [5, 5.41) is 11.2. The summed E-state index contributed by atoms with van der Waals surface area (Å²) in [4.78, 5) is 16.1. The van der Waals surface area contributed by atoms with Crippen LogP contribution in [0.3, 0.4) is 0 Å². The van der Waals surface area contributed by atoms with Gasteiger partial charge in [0, 0.05) is 17.3 Å². The number of hydrogen-bond donors (Lipinski definition) is 1. The fourth-order valence-electron chi connectivity index (χ4n) is 2.67. The van der Waals surface area contributed by atoms with Gasteiger partial charge >= 0.3 is 11.8 Å². The van der Waals surface area contributed by atoms with Gasteiger partial charge in [-0.1, -0.05) is 29.4 Å². The first-order valence-electron chi connectivity index (χ1n) is 8.33. The van der Waals surface area contributed by atoms with Gasteiger partial charge in [0.25, 0.3) is 0 Å². The second-order valence-electron chi connectivity index (χ2n) is 6.45. The van der Waals surface area contributed by atoms with Crippen LogP contribution in [0, 0.1) is 13.8 Å². The van der Waals surface area contributed by atoms with E-state index in [1.807, 2.05) is 42.8 Å². The maximum Gasteiger partial charge on any atom is 0.316 e. The maximum absolute atomic E-state index is 11.9. The fourth-order valence-corrected chi connectivity index (χ4v) is 2.67. The van der Waals surface area contributed by atoms with Crippen molar-refractivity contribution in [1.29, 1.82) is 0 Å². The second kappa shape index (κ2) is 6.16. The molecule has 1 fully saturated rings. The predicted octanol–water partition coefficient (Wildman–Crippen LogP) is 2.49. The molecule has 1 amide bonds. The molecule has 1 aliphatic rings. The zero-order valence-corrected chi connectivity index (χ0v) is 14.2. The van der Waals surface area contributed by atoms with E-state index in [9.17, 15) is 4.79 Å². The van der Waals surface area contributed by atoms with Crippen molar-refractivity contribution in [3.05, 3.63) is 53.2 Å². The summed E-state index contributed by atoms with van der Waals surface area (Å²) in [5.41, 5.74) is 4.08. The summed E-state index contributed by atoms with van der Waals surface area (Å²) in [6.07, 6.45) is 2.03. The number of hydrogen-bond acceptors (Lipinski definition) is 5. The molecular formula is C18H19N5O2. The monoisotopic (exact) mass is 337 g/mol. The lowest BCUT2D eigenvalue weighted by Crippen LogP contribution is -2.25. The number of aryl methyl sites for hydroxylation is 2. The molecule has 25 heavy (non-hydrogen) atoms. The highest BCUT2D eigenvalue weighted by Crippen LogP contribution is 2.20. The van der Waals surface area contributed by atoms with Crippen molar-refractivity contribution in [2.45, 2.75) is 39.3 Å². The highest BCUT2D eigenvalue weighted by atomic mass is 16.5. The average Bonchev–Trinajstić information content (AvgIpc) is 3.16. The minimum Gasteiger partial charge on any atom is -0.345 e. The number of nitrogens with zero attached hydrogens (tertiary/aromatic N) is 4. The molecule has 4 rings (SSSR count). The molecule has 0 aliphatic heterocycles. The van der Waals surface area contributed by atoms with Gasteiger partial charge < -0.3 is 9.84 Å². The number of amides is 1. The van der Waals surface area contributed by atoms with Crippen molar-refractivity contribution in [3.63, 3.8) is 0 Å². The number of aromatic nitrogens is 4. The maximum atomic E-state index is 11.9. The van der Waals surface area contributed by atoms with Crippen LogP contribution in [0.5, 0.6) is 0 Å². The number of carbonyl (C=O) groups is 1. The van der Waals surface area contributed by atoms with Crippen LogP contribution < -0.4 is 5.32 Å². The average molecular weight is 337 g/mol. The zero-order valence-electron chi connectivity index (χ0n) is 14.2. The first kappa shape index (κ1) is 15.6. The quantitative estimate of drug-likeness (QED) is 0.773. The lowest BCUT2D eigenvalue weighted by atomic mass is 10.1. The summed E-state index contributed by atoms with van der Waals surface area (Å²) in [6, 6.07) is 10.2. The van der Waals surface area contributed by atoms with Gasteiger partial charge in [-0.15, -0.1) is 0 Å². The van der Waals surface area contributed by atoms with Crippen LogP contribution in [-0.4, -0.2) is 31.9 Å². The molecule has 128 valence electrons. The van der Waals surface area contributed by atoms with Crippen LogP contribution in [-0.2, 0) is 6.54 Å². The molecular weight excluding hydrogens is 318 g/mol. The molecule has 1 aromatic carbocycles. The van der Waals surface area contributed by atoms with Gasteiger partial charge in [0.05, 0.1) is 12.2 Å².